The Hall–Kier alpha value is -1.71. The average Bonchev–Trinajstić information content (AvgIpc) is 2.42. The van der Waals surface area contributed by atoms with Crippen LogP contribution in [0.25, 0.3) is 0 Å². The number of carbonyl (C=O) groups excluding carboxylic acids is 1. The lowest BCUT2D eigenvalue weighted by Crippen LogP contribution is -2.18. The van der Waals surface area contributed by atoms with Crippen LogP contribution in [0.2, 0.25) is 10.0 Å². The first-order chi connectivity index (χ1) is 9.10. The van der Waals surface area contributed by atoms with Gasteiger partial charge in [-0.2, -0.15) is 0 Å². The summed E-state index contributed by atoms with van der Waals surface area (Å²) in [6.07, 6.45) is 0. The van der Waals surface area contributed by atoms with Crippen LogP contribution in [0, 0.1) is 0 Å². The largest absolute Gasteiger partial charge is 0.457 e. The number of rotatable bonds is 3. The van der Waals surface area contributed by atoms with E-state index in [4.69, 9.17) is 27.9 Å². The van der Waals surface area contributed by atoms with E-state index in [1.807, 2.05) is 0 Å². The van der Waals surface area contributed by atoms with Gasteiger partial charge in [0.25, 0.3) is 5.91 Å². The maximum atomic E-state index is 11.8. The van der Waals surface area contributed by atoms with E-state index in [0.29, 0.717) is 27.1 Å². The fraction of sp³-hybridized carbons (Fsp3) is 0.0714. The molecular weight excluding hydrogens is 285 g/mol. The standard InChI is InChI=1S/C14H11Cl2NO2/c1-17-14(18)12-8-10(16)4-7-13(12)19-11-5-2-9(15)3-6-11/h2-8H,1H3,(H,17,18). The SMILES string of the molecule is CNC(=O)c1cc(Cl)ccc1Oc1ccc(Cl)cc1. The van der Waals surface area contributed by atoms with Crippen LogP contribution in [0.1, 0.15) is 10.4 Å². The Labute approximate surface area is 121 Å². The molecule has 98 valence electrons. The average molecular weight is 296 g/mol. The number of hydrogen-bond donors (Lipinski definition) is 1. The van der Waals surface area contributed by atoms with Crippen LogP contribution in [0.4, 0.5) is 0 Å². The quantitative estimate of drug-likeness (QED) is 0.924. The highest BCUT2D eigenvalue weighted by atomic mass is 35.5. The van der Waals surface area contributed by atoms with Crippen LogP contribution in [0.15, 0.2) is 42.5 Å². The Kier molecular flexibility index (Phi) is 4.30. The fourth-order valence-electron chi connectivity index (χ4n) is 1.53. The lowest BCUT2D eigenvalue weighted by molar-refractivity contribution is 0.0961. The number of hydrogen-bond acceptors (Lipinski definition) is 2. The first kappa shape index (κ1) is 13.7. The first-order valence-corrected chi connectivity index (χ1v) is 6.31. The van der Waals surface area contributed by atoms with Gasteiger partial charge < -0.3 is 10.1 Å². The van der Waals surface area contributed by atoms with Crippen LogP contribution >= 0.6 is 23.2 Å². The maximum absolute atomic E-state index is 11.8. The van der Waals surface area contributed by atoms with E-state index in [2.05, 4.69) is 5.32 Å². The summed E-state index contributed by atoms with van der Waals surface area (Å²) in [4.78, 5) is 11.8. The maximum Gasteiger partial charge on any atom is 0.254 e. The zero-order valence-electron chi connectivity index (χ0n) is 10.1. The molecule has 0 saturated carbocycles. The molecule has 0 spiro atoms. The normalized spacial score (nSPS) is 10.1. The van der Waals surface area contributed by atoms with Crippen molar-refractivity contribution >= 4 is 29.1 Å². The second-order valence-corrected chi connectivity index (χ2v) is 4.65. The summed E-state index contributed by atoms with van der Waals surface area (Å²) in [7, 11) is 1.55. The van der Waals surface area contributed by atoms with Crippen molar-refractivity contribution in [2.75, 3.05) is 7.05 Å². The molecule has 0 bridgehead atoms. The molecule has 0 heterocycles. The van der Waals surface area contributed by atoms with E-state index in [-0.39, 0.29) is 5.91 Å². The molecule has 1 amide bonds. The summed E-state index contributed by atoms with van der Waals surface area (Å²) in [6.45, 7) is 0. The molecule has 5 heteroatoms. The molecule has 0 aromatic heterocycles. The third-order valence-electron chi connectivity index (χ3n) is 2.45. The second-order valence-electron chi connectivity index (χ2n) is 3.78. The van der Waals surface area contributed by atoms with Gasteiger partial charge in [-0.3, -0.25) is 4.79 Å². The number of amides is 1. The molecule has 0 unspecified atom stereocenters. The minimum absolute atomic E-state index is 0.258. The van der Waals surface area contributed by atoms with Gasteiger partial charge in [-0.05, 0) is 42.5 Å². The van der Waals surface area contributed by atoms with Gasteiger partial charge in [-0.15, -0.1) is 0 Å². The molecular formula is C14H11Cl2NO2. The Bertz CT molecular complexity index is 597. The number of ether oxygens (including phenoxy) is 1. The molecule has 2 rings (SSSR count). The van der Waals surface area contributed by atoms with Crippen LogP contribution in [-0.2, 0) is 0 Å². The van der Waals surface area contributed by atoms with Gasteiger partial charge in [0.15, 0.2) is 0 Å². The van der Waals surface area contributed by atoms with E-state index >= 15 is 0 Å². The lowest BCUT2D eigenvalue weighted by atomic mass is 10.2. The van der Waals surface area contributed by atoms with Crippen molar-refractivity contribution < 1.29 is 9.53 Å². The zero-order valence-corrected chi connectivity index (χ0v) is 11.6. The van der Waals surface area contributed by atoms with E-state index in [9.17, 15) is 4.79 Å². The van der Waals surface area contributed by atoms with Gasteiger partial charge in [0.2, 0.25) is 0 Å². The van der Waals surface area contributed by atoms with Crippen LogP contribution in [0.5, 0.6) is 11.5 Å². The Balaban J connectivity index is 2.34. The van der Waals surface area contributed by atoms with Crippen molar-refractivity contribution in [2.45, 2.75) is 0 Å². The van der Waals surface area contributed by atoms with E-state index in [1.165, 1.54) is 0 Å². The van der Waals surface area contributed by atoms with E-state index in [0.717, 1.165) is 0 Å². The summed E-state index contributed by atoms with van der Waals surface area (Å²) < 4.78 is 5.66. The summed E-state index contributed by atoms with van der Waals surface area (Å²) in [5, 5.41) is 3.64. The molecule has 0 aliphatic carbocycles. The van der Waals surface area contributed by atoms with Gasteiger partial charge in [-0.25, -0.2) is 0 Å². The topological polar surface area (TPSA) is 38.3 Å². The van der Waals surface area contributed by atoms with Crippen molar-refractivity contribution in [3.05, 3.63) is 58.1 Å². The highest BCUT2D eigenvalue weighted by Gasteiger charge is 2.12. The molecule has 0 aliphatic rings. The minimum Gasteiger partial charge on any atom is -0.457 e. The Morgan fingerprint density at radius 1 is 1.05 bits per heavy atom. The number of halogens is 2. The fourth-order valence-corrected chi connectivity index (χ4v) is 1.83. The van der Waals surface area contributed by atoms with E-state index < -0.39 is 0 Å². The molecule has 19 heavy (non-hydrogen) atoms. The monoisotopic (exact) mass is 295 g/mol. The zero-order chi connectivity index (χ0) is 13.8. The molecule has 0 fully saturated rings. The predicted octanol–water partition coefficient (Wildman–Crippen LogP) is 4.15. The first-order valence-electron chi connectivity index (χ1n) is 5.55. The van der Waals surface area contributed by atoms with Crippen LogP contribution in [0.3, 0.4) is 0 Å². The van der Waals surface area contributed by atoms with Crippen LogP contribution < -0.4 is 10.1 Å². The molecule has 0 aliphatic heterocycles. The highest BCUT2D eigenvalue weighted by molar-refractivity contribution is 6.31. The number of nitrogens with one attached hydrogen (secondary N) is 1. The third kappa shape index (κ3) is 3.40. The van der Waals surface area contributed by atoms with Crippen molar-refractivity contribution in [3.63, 3.8) is 0 Å². The molecule has 2 aromatic rings. The molecule has 1 N–H and O–H groups in total. The highest BCUT2D eigenvalue weighted by Crippen LogP contribution is 2.28. The lowest BCUT2D eigenvalue weighted by Gasteiger charge is -2.10. The molecule has 3 nitrogen and oxygen atoms in total. The summed E-state index contributed by atoms with van der Waals surface area (Å²) in [5.41, 5.74) is 0.380. The Morgan fingerprint density at radius 2 is 1.68 bits per heavy atom. The molecule has 0 radical (unpaired) electrons. The minimum atomic E-state index is -0.258. The van der Waals surface area contributed by atoms with Crippen molar-refractivity contribution in [1.29, 1.82) is 0 Å². The summed E-state index contributed by atoms with van der Waals surface area (Å²) in [5.74, 6) is 0.773. The van der Waals surface area contributed by atoms with Crippen LogP contribution in [-0.4, -0.2) is 13.0 Å². The Morgan fingerprint density at radius 3 is 2.32 bits per heavy atom. The van der Waals surface area contributed by atoms with E-state index in [1.54, 1.807) is 49.5 Å². The van der Waals surface area contributed by atoms with Gasteiger partial charge in [0.1, 0.15) is 11.5 Å². The molecule has 2 aromatic carbocycles. The summed E-state index contributed by atoms with van der Waals surface area (Å²) >= 11 is 11.7. The van der Waals surface area contributed by atoms with Crippen molar-refractivity contribution in [1.82, 2.24) is 5.32 Å². The summed E-state index contributed by atoms with van der Waals surface area (Å²) in [6, 6.07) is 11.8. The molecule has 0 atom stereocenters. The number of carbonyl (C=O) groups is 1. The second kappa shape index (κ2) is 5.95. The van der Waals surface area contributed by atoms with Gasteiger partial charge in [0.05, 0.1) is 5.56 Å². The predicted molar refractivity (Wildman–Crippen MR) is 76.4 cm³/mol. The van der Waals surface area contributed by atoms with Gasteiger partial charge in [0, 0.05) is 17.1 Å². The van der Waals surface area contributed by atoms with Gasteiger partial charge in [-0.1, -0.05) is 23.2 Å². The smallest absolute Gasteiger partial charge is 0.254 e. The van der Waals surface area contributed by atoms with Gasteiger partial charge >= 0.3 is 0 Å². The van der Waals surface area contributed by atoms with Crippen molar-refractivity contribution in [2.24, 2.45) is 0 Å². The van der Waals surface area contributed by atoms with Crippen molar-refractivity contribution in [3.8, 4) is 11.5 Å². The number of benzene rings is 2. The molecule has 0 saturated heterocycles. The third-order valence-corrected chi connectivity index (χ3v) is 2.94.